The summed E-state index contributed by atoms with van der Waals surface area (Å²) < 4.78 is 0. The van der Waals surface area contributed by atoms with Crippen molar-refractivity contribution in [2.75, 3.05) is 6.54 Å². The average Bonchev–Trinajstić information content (AvgIpc) is 2.55. The molecule has 0 aliphatic heterocycles. The Balaban J connectivity index is 2.03. The van der Waals surface area contributed by atoms with Crippen molar-refractivity contribution in [3.8, 4) is 6.07 Å². The molecule has 0 unspecified atom stereocenters. The van der Waals surface area contributed by atoms with Crippen LogP contribution in [-0.2, 0) is 11.3 Å². The summed E-state index contributed by atoms with van der Waals surface area (Å²) in [5.74, 6) is 0.137. The van der Waals surface area contributed by atoms with E-state index in [1.165, 1.54) is 0 Å². The Hall–Kier alpha value is -2.12. The summed E-state index contributed by atoms with van der Waals surface area (Å²) in [5.41, 5.74) is 1.62. The highest BCUT2D eigenvalue weighted by molar-refractivity contribution is 5.79. The molecule has 116 valence electrons. The lowest BCUT2D eigenvalue weighted by Gasteiger charge is -2.30. The number of hydrogen-bond acceptors (Lipinski definition) is 3. The molecule has 0 saturated heterocycles. The molecule has 0 spiro atoms. The minimum Gasteiger partial charge on any atom is -0.393 e. The van der Waals surface area contributed by atoms with Gasteiger partial charge in [0.1, 0.15) is 0 Å². The van der Waals surface area contributed by atoms with Crippen molar-refractivity contribution in [2.45, 2.75) is 38.3 Å². The summed E-state index contributed by atoms with van der Waals surface area (Å²) >= 11 is 0. The second-order valence-electron chi connectivity index (χ2n) is 5.82. The molecule has 1 amide bonds. The molecule has 0 bridgehead atoms. The van der Waals surface area contributed by atoms with Crippen LogP contribution in [0.5, 0.6) is 0 Å². The van der Waals surface area contributed by atoms with Crippen molar-refractivity contribution >= 4 is 5.91 Å². The summed E-state index contributed by atoms with van der Waals surface area (Å²) in [6, 6.07) is 9.39. The zero-order valence-corrected chi connectivity index (χ0v) is 12.7. The van der Waals surface area contributed by atoms with Crippen molar-refractivity contribution < 1.29 is 9.90 Å². The number of nitriles is 1. The van der Waals surface area contributed by atoms with Gasteiger partial charge in [-0.2, -0.15) is 5.26 Å². The highest BCUT2D eigenvalue weighted by Gasteiger charge is 2.28. The Labute approximate surface area is 131 Å². The third-order valence-corrected chi connectivity index (χ3v) is 4.16. The first-order chi connectivity index (χ1) is 10.6. The van der Waals surface area contributed by atoms with Crippen LogP contribution in [0, 0.1) is 17.2 Å². The minimum atomic E-state index is -0.254. The highest BCUT2D eigenvalue weighted by atomic mass is 16.3. The van der Waals surface area contributed by atoms with Crippen LogP contribution < -0.4 is 0 Å². The molecule has 22 heavy (non-hydrogen) atoms. The van der Waals surface area contributed by atoms with Crippen molar-refractivity contribution in [3.05, 3.63) is 48.0 Å². The Morgan fingerprint density at radius 3 is 2.50 bits per heavy atom. The normalized spacial score (nSPS) is 20.9. The summed E-state index contributed by atoms with van der Waals surface area (Å²) in [5, 5.41) is 18.4. The molecular formula is C18H22N2O2. The number of aliphatic hydroxyl groups excluding tert-OH is 1. The monoisotopic (exact) mass is 298 g/mol. The fourth-order valence-electron chi connectivity index (χ4n) is 2.87. The molecule has 0 heterocycles. The molecule has 1 saturated carbocycles. The predicted octanol–water partition coefficient (Wildman–Crippen LogP) is 2.62. The molecule has 0 aromatic heterocycles. The lowest BCUT2D eigenvalue weighted by molar-refractivity contribution is -0.137. The SMILES string of the molecule is C=CCN(Cc1ccc(C#N)cc1)C(=O)C1CCC(O)CC1. The van der Waals surface area contributed by atoms with Gasteiger partial charge < -0.3 is 10.0 Å². The summed E-state index contributed by atoms with van der Waals surface area (Å²) in [4.78, 5) is 14.5. The minimum absolute atomic E-state index is 0.00160. The Morgan fingerprint density at radius 2 is 1.95 bits per heavy atom. The molecule has 1 fully saturated rings. The second-order valence-corrected chi connectivity index (χ2v) is 5.82. The van der Waals surface area contributed by atoms with Gasteiger partial charge >= 0.3 is 0 Å². The van der Waals surface area contributed by atoms with Crippen LogP contribution in [-0.4, -0.2) is 28.6 Å². The first-order valence-corrected chi connectivity index (χ1v) is 7.71. The molecule has 1 aromatic carbocycles. The maximum absolute atomic E-state index is 12.7. The van der Waals surface area contributed by atoms with Crippen LogP contribution in [0.1, 0.15) is 36.8 Å². The third-order valence-electron chi connectivity index (χ3n) is 4.16. The van der Waals surface area contributed by atoms with Crippen LogP contribution in [0.2, 0.25) is 0 Å². The Morgan fingerprint density at radius 1 is 1.32 bits per heavy atom. The van der Waals surface area contributed by atoms with Crippen LogP contribution in [0.15, 0.2) is 36.9 Å². The van der Waals surface area contributed by atoms with Gasteiger partial charge in [0.15, 0.2) is 0 Å². The van der Waals surface area contributed by atoms with E-state index >= 15 is 0 Å². The van der Waals surface area contributed by atoms with Crippen molar-refractivity contribution in [2.24, 2.45) is 5.92 Å². The predicted molar refractivity (Wildman–Crippen MR) is 84.7 cm³/mol. The van der Waals surface area contributed by atoms with Gasteiger partial charge in [0.25, 0.3) is 0 Å². The molecule has 4 nitrogen and oxygen atoms in total. The van der Waals surface area contributed by atoms with Gasteiger partial charge in [0.05, 0.1) is 17.7 Å². The molecule has 4 heteroatoms. The Bertz CT molecular complexity index is 551. The summed E-state index contributed by atoms with van der Waals surface area (Å²) in [7, 11) is 0. The maximum atomic E-state index is 12.7. The number of aliphatic hydroxyl groups is 1. The molecule has 1 aromatic rings. The molecule has 1 aliphatic rings. The van der Waals surface area contributed by atoms with Crippen LogP contribution in [0.25, 0.3) is 0 Å². The number of carbonyl (C=O) groups excluding carboxylic acids is 1. The number of rotatable bonds is 5. The van der Waals surface area contributed by atoms with Gasteiger partial charge in [-0.25, -0.2) is 0 Å². The van der Waals surface area contributed by atoms with E-state index in [0.717, 1.165) is 18.4 Å². The standard InChI is InChI=1S/C18H22N2O2/c1-2-11-20(13-15-5-3-14(12-19)4-6-15)18(22)16-7-9-17(21)10-8-16/h2-6,16-17,21H,1,7-11,13H2. The molecule has 2 rings (SSSR count). The average molecular weight is 298 g/mol. The smallest absolute Gasteiger partial charge is 0.226 e. The maximum Gasteiger partial charge on any atom is 0.226 e. The summed E-state index contributed by atoms with van der Waals surface area (Å²) in [6.45, 7) is 4.77. The van der Waals surface area contributed by atoms with Gasteiger partial charge in [0, 0.05) is 19.0 Å². The number of amides is 1. The molecule has 0 atom stereocenters. The molecular weight excluding hydrogens is 276 g/mol. The van der Waals surface area contributed by atoms with Crippen LogP contribution in [0.4, 0.5) is 0 Å². The molecule has 1 aliphatic carbocycles. The van der Waals surface area contributed by atoms with Gasteiger partial charge in [-0.3, -0.25) is 4.79 Å². The number of nitrogens with zero attached hydrogens (tertiary/aromatic N) is 2. The van der Waals surface area contributed by atoms with Crippen molar-refractivity contribution in [3.63, 3.8) is 0 Å². The topological polar surface area (TPSA) is 64.3 Å². The van der Waals surface area contributed by atoms with E-state index in [1.54, 1.807) is 23.1 Å². The van der Waals surface area contributed by atoms with Gasteiger partial charge in [-0.15, -0.1) is 6.58 Å². The van der Waals surface area contributed by atoms with Crippen LogP contribution >= 0.6 is 0 Å². The number of carbonyl (C=O) groups is 1. The lowest BCUT2D eigenvalue weighted by Crippen LogP contribution is -2.38. The van der Waals surface area contributed by atoms with E-state index in [0.29, 0.717) is 31.5 Å². The van der Waals surface area contributed by atoms with Gasteiger partial charge in [-0.05, 0) is 43.4 Å². The zero-order valence-electron chi connectivity index (χ0n) is 12.7. The largest absolute Gasteiger partial charge is 0.393 e. The van der Waals surface area contributed by atoms with E-state index < -0.39 is 0 Å². The first-order valence-electron chi connectivity index (χ1n) is 7.71. The number of benzene rings is 1. The van der Waals surface area contributed by atoms with Crippen LogP contribution in [0.3, 0.4) is 0 Å². The molecule has 1 N–H and O–H groups in total. The van der Waals surface area contributed by atoms with Gasteiger partial charge in [0.2, 0.25) is 5.91 Å². The first kappa shape index (κ1) is 16.3. The fourth-order valence-corrected chi connectivity index (χ4v) is 2.87. The van der Waals surface area contributed by atoms with E-state index in [9.17, 15) is 9.90 Å². The zero-order chi connectivity index (χ0) is 15.9. The second kappa shape index (κ2) is 7.77. The highest BCUT2D eigenvalue weighted by Crippen LogP contribution is 2.26. The third kappa shape index (κ3) is 4.19. The molecule has 0 radical (unpaired) electrons. The van der Waals surface area contributed by atoms with Crippen molar-refractivity contribution in [1.29, 1.82) is 5.26 Å². The summed E-state index contributed by atoms with van der Waals surface area (Å²) in [6.07, 6.45) is 4.39. The van der Waals surface area contributed by atoms with E-state index in [4.69, 9.17) is 5.26 Å². The Kier molecular flexibility index (Phi) is 5.74. The fraction of sp³-hybridized carbons (Fsp3) is 0.444. The lowest BCUT2D eigenvalue weighted by atomic mass is 9.86. The number of hydrogen-bond donors (Lipinski definition) is 1. The van der Waals surface area contributed by atoms with E-state index in [1.807, 2.05) is 12.1 Å². The van der Waals surface area contributed by atoms with Crippen molar-refractivity contribution in [1.82, 2.24) is 4.90 Å². The van der Waals surface area contributed by atoms with E-state index in [2.05, 4.69) is 12.6 Å². The van der Waals surface area contributed by atoms with Gasteiger partial charge in [-0.1, -0.05) is 18.2 Å². The van der Waals surface area contributed by atoms with E-state index in [-0.39, 0.29) is 17.9 Å². The quantitative estimate of drug-likeness (QED) is 0.850.